The lowest BCUT2D eigenvalue weighted by Crippen LogP contribution is -2.14. The topological polar surface area (TPSA) is 55.1 Å². The largest absolute Gasteiger partial charge is 0.399 e. The Morgan fingerprint density at radius 2 is 2.05 bits per heavy atom. The highest BCUT2D eigenvalue weighted by atomic mass is 79.9. The number of carbonyl (C=O) groups is 1. The van der Waals surface area contributed by atoms with Crippen molar-refractivity contribution in [2.24, 2.45) is 0 Å². The average molecular weight is 406 g/mol. The van der Waals surface area contributed by atoms with Crippen molar-refractivity contribution in [1.29, 1.82) is 0 Å². The molecular formula is C14H11BrCl2N2OS. The first-order valence-corrected chi connectivity index (χ1v) is 8.42. The summed E-state index contributed by atoms with van der Waals surface area (Å²) in [6.45, 7) is 0. The van der Waals surface area contributed by atoms with E-state index in [0.717, 1.165) is 9.37 Å². The molecule has 0 aromatic heterocycles. The molecule has 0 fully saturated rings. The second-order valence-electron chi connectivity index (χ2n) is 4.13. The highest BCUT2D eigenvalue weighted by molar-refractivity contribution is 9.10. The summed E-state index contributed by atoms with van der Waals surface area (Å²) in [4.78, 5) is 12.9. The quantitative estimate of drug-likeness (QED) is 0.551. The van der Waals surface area contributed by atoms with E-state index in [9.17, 15) is 4.79 Å². The summed E-state index contributed by atoms with van der Waals surface area (Å²) >= 11 is 16.7. The zero-order valence-corrected chi connectivity index (χ0v) is 14.6. The number of nitrogens with one attached hydrogen (secondary N) is 1. The highest BCUT2D eigenvalue weighted by Crippen LogP contribution is 2.31. The number of halogens is 3. The van der Waals surface area contributed by atoms with E-state index < -0.39 is 0 Å². The van der Waals surface area contributed by atoms with Crippen LogP contribution in [0.4, 0.5) is 11.4 Å². The number of rotatable bonds is 4. The molecule has 0 radical (unpaired) electrons. The predicted molar refractivity (Wildman–Crippen MR) is 94.4 cm³/mol. The summed E-state index contributed by atoms with van der Waals surface area (Å²) in [6.07, 6.45) is 0. The van der Waals surface area contributed by atoms with Crippen LogP contribution in [0.1, 0.15) is 0 Å². The standard InChI is InChI=1S/C14H11BrCl2N2OS/c15-9-6-8(18)4-5-12(9)21-7-13(20)19-11-3-1-2-10(16)14(11)17/h1-6H,7,18H2,(H,19,20). The third-order valence-corrected chi connectivity index (χ3v) is 5.35. The van der Waals surface area contributed by atoms with E-state index in [1.54, 1.807) is 30.3 Å². The van der Waals surface area contributed by atoms with Crippen LogP contribution in [0.2, 0.25) is 10.0 Å². The van der Waals surface area contributed by atoms with Crippen LogP contribution in [0.3, 0.4) is 0 Å². The van der Waals surface area contributed by atoms with Gasteiger partial charge >= 0.3 is 0 Å². The third-order valence-electron chi connectivity index (χ3n) is 2.54. The Bertz CT molecular complexity index is 682. The van der Waals surface area contributed by atoms with Gasteiger partial charge in [0.25, 0.3) is 0 Å². The molecule has 0 aliphatic carbocycles. The van der Waals surface area contributed by atoms with Gasteiger partial charge in [0.05, 0.1) is 21.5 Å². The molecule has 1 amide bonds. The molecule has 0 spiro atoms. The maximum absolute atomic E-state index is 12.0. The van der Waals surface area contributed by atoms with Crippen molar-refractivity contribution >= 4 is 68.2 Å². The highest BCUT2D eigenvalue weighted by Gasteiger charge is 2.10. The minimum atomic E-state index is -0.159. The number of thioether (sulfide) groups is 1. The Hall–Kier alpha value is -0.880. The summed E-state index contributed by atoms with van der Waals surface area (Å²) in [5.74, 6) is 0.0960. The van der Waals surface area contributed by atoms with Gasteiger partial charge in [0.1, 0.15) is 0 Å². The number of benzene rings is 2. The van der Waals surface area contributed by atoms with Crippen LogP contribution in [0, 0.1) is 0 Å². The lowest BCUT2D eigenvalue weighted by Gasteiger charge is -2.09. The molecule has 7 heteroatoms. The number of anilines is 2. The summed E-state index contributed by atoms with van der Waals surface area (Å²) in [5, 5.41) is 3.48. The molecule has 0 atom stereocenters. The van der Waals surface area contributed by atoms with Gasteiger partial charge in [-0.1, -0.05) is 29.3 Å². The Balaban J connectivity index is 1.97. The average Bonchev–Trinajstić information content (AvgIpc) is 2.43. The molecule has 2 rings (SSSR count). The van der Waals surface area contributed by atoms with E-state index in [1.807, 2.05) is 6.07 Å². The maximum atomic E-state index is 12.0. The number of nitrogens with two attached hydrogens (primary N) is 1. The van der Waals surface area contributed by atoms with Crippen LogP contribution in [0.5, 0.6) is 0 Å². The lowest BCUT2D eigenvalue weighted by atomic mass is 10.3. The van der Waals surface area contributed by atoms with E-state index in [2.05, 4.69) is 21.2 Å². The monoisotopic (exact) mass is 404 g/mol. The fourth-order valence-electron chi connectivity index (χ4n) is 1.56. The molecular weight excluding hydrogens is 395 g/mol. The van der Waals surface area contributed by atoms with E-state index in [-0.39, 0.29) is 11.7 Å². The minimum Gasteiger partial charge on any atom is -0.399 e. The first-order valence-electron chi connectivity index (χ1n) is 5.89. The van der Waals surface area contributed by atoms with Gasteiger partial charge in [-0.2, -0.15) is 0 Å². The zero-order valence-electron chi connectivity index (χ0n) is 10.7. The number of nitrogen functional groups attached to an aromatic ring is 1. The smallest absolute Gasteiger partial charge is 0.234 e. The van der Waals surface area contributed by atoms with E-state index in [0.29, 0.717) is 21.4 Å². The molecule has 0 aliphatic rings. The SMILES string of the molecule is Nc1ccc(SCC(=O)Nc2cccc(Cl)c2Cl)c(Br)c1. The van der Waals surface area contributed by atoms with Crippen molar-refractivity contribution in [2.75, 3.05) is 16.8 Å². The number of amides is 1. The predicted octanol–water partition coefficient (Wildman–Crippen LogP) is 5.07. The third kappa shape index (κ3) is 4.54. The first kappa shape index (κ1) is 16.5. The zero-order chi connectivity index (χ0) is 15.4. The summed E-state index contributed by atoms with van der Waals surface area (Å²) in [6, 6.07) is 10.6. The van der Waals surface area contributed by atoms with Gasteiger partial charge in [-0.05, 0) is 46.3 Å². The van der Waals surface area contributed by atoms with E-state index in [1.165, 1.54) is 11.8 Å². The molecule has 2 aromatic carbocycles. The Labute approximate surface area is 145 Å². The molecule has 3 N–H and O–H groups in total. The van der Waals surface area contributed by atoms with E-state index >= 15 is 0 Å². The minimum absolute atomic E-state index is 0.159. The molecule has 110 valence electrons. The molecule has 0 saturated heterocycles. The summed E-state index contributed by atoms with van der Waals surface area (Å²) in [5.41, 5.74) is 6.84. The maximum Gasteiger partial charge on any atom is 0.234 e. The summed E-state index contributed by atoms with van der Waals surface area (Å²) in [7, 11) is 0. The molecule has 2 aromatic rings. The normalized spacial score (nSPS) is 10.4. The van der Waals surface area contributed by atoms with Crippen molar-refractivity contribution in [1.82, 2.24) is 0 Å². The summed E-state index contributed by atoms with van der Waals surface area (Å²) < 4.78 is 0.862. The lowest BCUT2D eigenvalue weighted by molar-refractivity contribution is -0.113. The molecule has 3 nitrogen and oxygen atoms in total. The van der Waals surface area contributed by atoms with Gasteiger partial charge in [0.15, 0.2) is 0 Å². The fourth-order valence-corrected chi connectivity index (χ4v) is 3.37. The van der Waals surface area contributed by atoms with Crippen molar-refractivity contribution in [2.45, 2.75) is 4.90 Å². The van der Waals surface area contributed by atoms with Gasteiger partial charge in [-0.15, -0.1) is 11.8 Å². The van der Waals surface area contributed by atoms with Crippen LogP contribution in [0.25, 0.3) is 0 Å². The first-order chi connectivity index (χ1) is 9.97. The molecule has 21 heavy (non-hydrogen) atoms. The fraction of sp³-hybridized carbons (Fsp3) is 0.0714. The van der Waals surface area contributed by atoms with Gasteiger partial charge in [-0.3, -0.25) is 4.79 Å². The van der Waals surface area contributed by atoms with Gasteiger partial charge < -0.3 is 11.1 Å². The second kappa shape index (κ2) is 7.40. The molecule has 0 aliphatic heterocycles. The molecule has 0 unspecified atom stereocenters. The van der Waals surface area contributed by atoms with E-state index in [4.69, 9.17) is 28.9 Å². The molecule has 0 saturated carbocycles. The van der Waals surface area contributed by atoms with Crippen molar-refractivity contribution in [3.8, 4) is 0 Å². The van der Waals surface area contributed by atoms with Gasteiger partial charge in [0, 0.05) is 15.1 Å². The van der Waals surface area contributed by atoms with Crippen LogP contribution < -0.4 is 11.1 Å². The Morgan fingerprint density at radius 3 is 2.76 bits per heavy atom. The number of hydrogen-bond donors (Lipinski definition) is 2. The van der Waals surface area contributed by atoms with Crippen molar-refractivity contribution in [3.05, 3.63) is 50.9 Å². The number of hydrogen-bond acceptors (Lipinski definition) is 3. The Morgan fingerprint density at radius 1 is 1.29 bits per heavy atom. The van der Waals surface area contributed by atoms with Crippen LogP contribution >= 0.6 is 50.9 Å². The number of carbonyl (C=O) groups excluding carboxylic acids is 1. The van der Waals surface area contributed by atoms with Gasteiger partial charge in [-0.25, -0.2) is 0 Å². The molecule has 0 bridgehead atoms. The van der Waals surface area contributed by atoms with Crippen molar-refractivity contribution < 1.29 is 4.79 Å². The Kier molecular flexibility index (Phi) is 5.81. The van der Waals surface area contributed by atoms with Gasteiger partial charge in [0.2, 0.25) is 5.91 Å². The van der Waals surface area contributed by atoms with Crippen LogP contribution in [-0.2, 0) is 4.79 Å². The van der Waals surface area contributed by atoms with Crippen LogP contribution in [-0.4, -0.2) is 11.7 Å². The van der Waals surface area contributed by atoms with Crippen LogP contribution in [0.15, 0.2) is 45.8 Å². The van der Waals surface area contributed by atoms with Crippen molar-refractivity contribution in [3.63, 3.8) is 0 Å². The second-order valence-corrected chi connectivity index (χ2v) is 6.78. The molecule has 0 heterocycles.